The monoisotopic (exact) mass is 552 g/mol. The number of aliphatic hydroxyl groups is 1. The van der Waals surface area contributed by atoms with Gasteiger partial charge in [0.15, 0.2) is 0 Å². The van der Waals surface area contributed by atoms with Crippen molar-refractivity contribution in [3.63, 3.8) is 0 Å². The van der Waals surface area contributed by atoms with Gasteiger partial charge in [0.2, 0.25) is 0 Å². The van der Waals surface area contributed by atoms with Crippen molar-refractivity contribution < 1.29 is 14.7 Å². The predicted octanol–water partition coefficient (Wildman–Crippen LogP) is 5.57. The number of hydrogen-bond donors (Lipinski definition) is 1. The molecule has 1 aromatic heterocycles. The van der Waals surface area contributed by atoms with E-state index in [4.69, 9.17) is 16.6 Å². The summed E-state index contributed by atoms with van der Waals surface area (Å²) in [7, 11) is 0. The summed E-state index contributed by atoms with van der Waals surface area (Å²) in [5, 5.41) is 10.9. The highest BCUT2D eigenvalue weighted by atomic mass is 35.5. The van der Waals surface area contributed by atoms with E-state index in [1.165, 1.54) is 70.6 Å². The number of rotatable bonds is 3. The number of nitrogens with zero attached hydrogens (tertiary/aromatic N) is 4. The van der Waals surface area contributed by atoms with Gasteiger partial charge in [-0.25, -0.2) is 4.98 Å². The van der Waals surface area contributed by atoms with Crippen LogP contribution in [0.4, 0.5) is 0 Å². The standard InChI is InChI=1S/C31H41ClN4O3/c32-27-26(33-25-9-8-16-30(36(25)27)14-6-4-2-1-3-5-7-15-30)23-10-12-24(13-11-23)28(37)34-19-21-35(22-20-34)29(38)31(39)17-18-31/h10-13,39H,1-9,14-22H2. The topological polar surface area (TPSA) is 78.7 Å². The fraction of sp³-hybridized carbons (Fsp3) is 0.645. The van der Waals surface area contributed by atoms with Crippen molar-refractivity contribution in [1.82, 2.24) is 19.4 Å². The quantitative estimate of drug-likeness (QED) is 0.540. The highest BCUT2D eigenvalue weighted by molar-refractivity contribution is 6.32. The van der Waals surface area contributed by atoms with Gasteiger partial charge in [-0.2, -0.15) is 0 Å². The Morgan fingerprint density at radius 3 is 1.95 bits per heavy atom. The number of carbonyl (C=O) groups is 2. The Labute approximate surface area is 236 Å². The second-order valence-corrected chi connectivity index (χ2v) is 12.6. The maximum absolute atomic E-state index is 13.2. The van der Waals surface area contributed by atoms with Crippen molar-refractivity contribution in [1.29, 1.82) is 0 Å². The third kappa shape index (κ3) is 5.24. The van der Waals surface area contributed by atoms with E-state index in [0.29, 0.717) is 44.6 Å². The molecule has 2 aliphatic heterocycles. The molecule has 3 heterocycles. The Hall–Kier alpha value is -2.38. The molecule has 2 aliphatic carbocycles. The first-order valence-electron chi connectivity index (χ1n) is 15.1. The first kappa shape index (κ1) is 26.8. The molecule has 1 aromatic carbocycles. The zero-order valence-electron chi connectivity index (χ0n) is 23.0. The van der Waals surface area contributed by atoms with E-state index in [1.54, 1.807) is 9.80 Å². The molecule has 0 atom stereocenters. The molecule has 1 spiro atoms. The van der Waals surface area contributed by atoms with Gasteiger partial charge in [-0.1, -0.05) is 68.7 Å². The number of benzene rings is 1. The lowest BCUT2D eigenvalue weighted by Crippen LogP contribution is -2.53. The molecular weight excluding hydrogens is 512 g/mol. The van der Waals surface area contributed by atoms with E-state index in [0.717, 1.165) is 28.7 Å². The van der Waals surface area contributed by atoms with Crippen LogP contribution < -0.4 is 0 Å². The van der Waals surface area contributed by atoms with Crippen LogP contribution in [0.15, 0.2) is 24.3 Å². The Morgan fingerprint density at radius 1 is 0.769 bits per heavy atom. The number of aryl methyl sites for hydroxylation is 1. The summed E-state index contributed by atoms with van der Waals surface area (Å²) < 4.78 is 2.40. The number of halogens is 1. The predicted molar refractivity (Wildman–Crippen MR) is 152 cm³/mol. The maximum atomic E-state index is 13.2. The summed E-state index contributed by atoms with van der Waals surface area (Å²) in [4.78, 5) is 34.2. The highest BCUT2D eigenvalue weighted by Gasteiger charge is 2.50. The molecule has 39 heavy (non-hydrogen) atoms. The van der Waals surface area contributed by atoms with Crippen LogP contribution >= 0.6 is 11.6 Å². The molecule has 0 bridgehead atoms. The van der Waals surface area contributed by atoms with Gasteiger partial charge in [-0.3, -0.25) is 9.59 Å². The molecule has 210 valence electrons. The molecule has 2 aromatic rings. The smallest absolute Gasteiger partial charge is 0.254 e. The molecule has 4 aliphatic rings. The molecule has 6 rings (SSSR count). The molecule has 8 heteroatoms. The molecule has 1 N–H and O–H groups in total. The van der Waals surface area contributed by atoms with Crippen LogP contribution in [0.25, 0.3) is 11.3 Å². The summed E-state index contributed by atoms with van der Waals surface area (Å²) in [6, 6.07) is 7.68. The van der Waals surface area contributed by atoms with Crippen LogP contribution in [0.5, 0.6) is 0 Å². The number of hydrogen-bond acceptors (Lipinski definition) is 4. The molecule has 0 unspecified atom stereocenters. The van der Waals surface area contributed by atoms with Crippen molar-refractivity contribution >= 4 is 23.4 Å². The van der Waals surface area contributed by atoms with E-state index in [9.17, 15) is 14.7 Å². The average molecular weight is 553 g/mol. The zero-order valence-corrected chi connectivity index (χ0v) is 23.7. The van der Waals surface area contributed by atoms with E-state index in [2.05, 4.69) is 4.57 Å². The molecule has 7 nitrogen and oxygen atoms in total. The maximum Gasteiger partial charge on any atom is 0.254 e. The van der Waals surface area contributed by atoms with Gasteiger partial charge >= 0.3 is 0 Å². The first-order valence-corrected chi connectivity index (χ1v) is 15.5. The lowest BCUT2D eigenvalue weighted by Gasteiger charge is -2.41. The number of fused-ring (bicyclic) bond motifs is 2. The lowest BCUT2D eigenvalue weighted by molar-refractivity contribution is -0.143. The minimum absolute atomic E-state index is 0.0329. The Morgan fingerprint density at radius 2 is 1.33 bits per heavy atom. The van der Waals surface area contributed by atoms with Gasteiger partial charge in [0, 0.05) is 49.3 Å². The number of aromatic nitrogens is 2. The van der Waals surface area contributed by atoms with Gasteiger partial charge in [-0.15, -0.1) is 0 Å². The number of piperazine rings is 1. The normalized spacial score (nSPS) is 22.8. The average Bonchev–Trinajstić information content (AvgIpc) is 3.63. The van der Waals surface area contributed by atoms with Crippen LogP contribution in [0.3, 0.4) is 0 Å². The highest BCUT2D eigenvalue weighted by Crippen LogP contribution is 2.45. The lowest BCUT2D eigenvalue weighted by atomic mass is 9.79. The van der Waals surface area contributed by atoms with Crippen molar-refractivity contribution in [2.45, 2.75) is 101 Å². The van der Waals surface area contributed by atoms with E-state index in [1.807, 2.05) is 24.3 Å². The van der Waals surface area contributed by atoms with Gasteiger partial charge < -0.3 is 19.5 Å². The van der Waals surface area contributed by atoms with Gasteiger partial charge in [0.1, 0.15) is 22.3 Å². The summed E-state index contributed by atoms with van der Waals surface area (Å²) in [5.41, 5.74) is 1.34. The molecular formula is C31H41ClN4O3. The largest absolute Gasteiger partial charge is 0.380 e. The fourth-order valence-electron chi connectivity index (χ4n) is 7.05. The molecule has 2 saturated carbocycles. The van der Waals surface area contributed by atoms with E-state index >= 15 is 0 Å². The van der Waals surface area contributed by atoms with E-state index in [-0.39, 0.29) is 17.4 Å². The third-order valence-corrected chi connectivity index (χ3v) is 9.92. The van der Waals surface area contributed by atoms with E-state index < -0.39 is 5.60 Å². The zero-order chi connectivity index (χ0) is 27.0. The van der Waals surface area contributed by atoms with Gasteiger partial charge in [-0.05, 0) is 50.7 Å². The first-order chi connectivity index (χ1) is 18.9. The SMILES string of the molecule is O=C(c1ccc(-c2nc3n(c2Cl)C2(CCCCCCCCC2)CCC3)cc1)N1CCN(C(=O)C2(O)CC2)CC1. The molecule has 0 radical (unpaired) electrons. The Bertz CT molecular complexity index is 1200. The molecule has 2 amide bonds. The molecule has 1 saturated heterocycles. The fourth-order valence-corrected chi connectivity index (χ4v) is 7.48. The minimum Gasteiger partial charge on any atom is -0.380 e. The van der Waals surface area contributed by atoms with Crippen molar-refractivity contribution in [2.75, 3.05) is 26.2 Å². The molecule has 3 fully saturated rings. The Balaban J connectivity index is 1.17. The number of amides is 2. The number of imidazole rings is 1. The van der Waals surface area contributed by atoms with Crippen LogP contribution in [0.1, 0.15) is 99.7 Å². The minimum atomic E-state index is -1.15. The summed E-state index contributed by atoms with van der Waals surface area (Å²) >= 11 is 7.14. The Kier molecular flexibility index (Phi) is 7.49. The third-order valence-electron chi connectivity index (χ3n) is 9.57. The van der Waals surface area contributed by atoms with Crippen molar-refractivity contribution in [2.24, 2.45) is 0 Å². The van der Waals surface area contributed by atoms with Crippen molar-refractivity contribution in [3.8, 4) is 11.3 Å². The second-order valence-electron chi connectivity index (χ2n) is 12.2. The van der Waals surface area contributed by atoms with Crippen molar-refractivity contribution in [3.05, 3.63) is 40.8 Å². The number of carbonyl (C=O) groups excluding carboxylic acids is 2. The van der Waals surface area contributed by atoms with Crippen LogP contribution in [-0.2, 0) is 16.8 Å². The summed E-state index contributed by atoms with van der Waals surface area (Å²) in [6.45, 7) is 1.87. The van der Waals surface area contributed by atoms with Gasteiger partial charge in [0.05, 0.1) is 0 Å². The van der Waals surface area contributed by atoms with Crippen LogP contribution in [0, 0.1) is 0 Å². The summed E-state index contributed by atoms with van der Waals surface area (Å²) in [5.74, 6) is 0.891. The summed E-state index contributed by atoms with van der Waals surface area (Å²) in [6.07, 6.45) is 15.9. The van der Waals surface area contributed by atoms with Crippen LogP contribution in [0.2, 0.25) is 5.15 Å². The van der Waals surface area contributed by atoms with Crippen LogP contribution in [-0.4, -0.2) is 68.1 Å². The van der Waals surface area contributed by atoms with Gasteiger partial charge in [0.25, 0.3) is 11.8 Å². The second kappa shape index (κ2) is 10.9.